The second kappa shape index (κ2) is 12.5. The van der Waals surface area contributed by atoms with Crippen LogP contribution in [-0.2, 0) is 14.4 Å². The third-order valence-electron chi connectivity index (χ3n) is 8.11. The highest BCUT2D eigenvalue weighted by atomic mass is 79.9. The number of amides is 3. The van der Waals surface area contributed by atoms with Crippen molar-refractivity contribution in [3.8, 4) is 5.75 Å². The van der Waals surface area contributed by atoms with Crippen LogP contribution in [0.4, 0.5) is 5.69 Å². The number of anilines is 1. The Kier molecular flexibility index (Phi) is 9.49. The number of carbonyl (C=O) groups is 3. The van der Waals surface area contributed by atoms with E-state index in [1.54, 1.807) is 64.9 Å². The summed E-state index contributed by atoms with van der Waals surface area (Å²) in [6.45, 7) is 8.80. The van der Waals surface area contributed by atoms with Crippen LogP contribution in [0.15, 0.2) is 49.6 Å². The maximum atomic E-state index is 14.6. The Hall–Kier alpha value is -2.30. The molecule has 1 spiro atoms. The third kappa shape index (κ3) is 5.27. The molecule has 10 heteroatoms. The molecule has 4 rings (SSSR count). The normalized spacial score (nSPS) is 28.8. The van der Waals surface area contributed by atoms with Gasteiger partial charge in [0.2, 0.25) is 11.8 Å². The van der Waals surface area contributed by atoms with Gasteiger partial charge in [-0.05, 0) is 49.9 Å². The van der Waals surface area contributed by atoms with E-state index in [1.165, 1.54) is 0 Å². The smallest absolute Gasteiger partial charge is 0.251 e. The predicted octanol–water partition coefficient (Wildman–Crippen LogP) is 3.49. The van der Waals surface area contributed by atoms with E-state index in [4.69, 9.17) is 4.74 Å². The number of likely N-dealkylation sites (tertiary alicyclic amines) is 1. The number of likely N-dealkylation sites (N-methyl/N-ethyl adjacent to an activating group) is 1. The van der Waals surface area contributed by atoms with Crippen molar-refractivity contribution in [2.45, 2.75) is 46.5 Å². The van der Waals surface area contributed by atoms with Crippen molar-refractivity contribution in [1.82, 2.24) is 9.80 Å². The molecule has 3 heterocycles. The molecule has 3 amide bonds. The molecule has 2 bridgehead atoms. The number of aliphatic hydroxyl groups is 1. The van der Waals surface area contributed by atoms with Crippen LogP contribution in [-0.4, -0.2) is 93.9 Å². The first-order chi connectivity index (χ1) is 18.7. The van der Waals surface area contributed by atoms with Gasteiger partial charge in [0.25, 0.3) is 5.91 Å². The summed E-state index contributed by atoms with van der Waals surface area (Å²) in [5.74, 6) is -0.777. The topological polar surface area (TPSA) is 90.4 Å². The first-order valence-corrected chi connectivity index (χ1v) is 15.2. The highest BCUT2D eigenvalue weighted by Gasteiger charge is 2.75. The van der Waals surface area contributed by atoms with Crippen LogP contribution < -0.4 is 9.64 Å². The Morgan fingerprint density at radius 3 is 2.49 bits per heavy atom. The van der Waals surface area contributed by atoms with Crippen LogP contribution in [0.1, 0.15) is 25.7 Å². The Morgan fingerprint density at radius 2 is 1.87 bits per heavy atom. The molecule has 1 aromatic rings. The number of nitrogens with zero attached hydrogens (tertiary/aromatic N) is 3. The van der Waals surface area contributed by atoms with Crippen molar-refractivity contribution >= 4 is 51.1 Å². The molecule has 0 aromatic heterocycles. The number of fused-ring (bicyclic) bond motifs is 1. The number of thioether (sulfide) groups is 1. The van der Waals surface area contributed by atoms with Gasteiger partial charge in [-0.25, -0.2) is 0 Å². The summed E-state index contributed by atoms with van der Waals surface area (Å²) < 4.78 is 4.58. The first-order valence-electron chi connectivity index (χ1n) is 13.4. The minimum Gasteiger partial charge on any atom is -0.497 e. The number of unbranched alkanes of at least 4 members (excludes halogenated alkanes) is 2. The van der Waals surface area contributed by atoms with Crippen LogP contribution >= 0.6 is 27.7 Å². The summed E-state index contributed by atoms with van der Waals surface area (Å²) >= 11 is 5.46. The zero-order valence-corrected chi connectivity index (χ0v) is 25.0. The number of methoxy groups -OCH3 is 1. The molecule has 1 N–H and O–H groups in total. The summed E-state index contributed by atoms with van der Waals surface area (Å²) in [4.78, 5) is 47.5. The van der Waals surface area contributed by atoms with Crippen molar-refractivity contribution in [3.63, 3.8) is 0 Å². The fourth-order valence-corrected chi connectivity index (χ4v) is 10.0. The maximum Gasteiger partial charge on any atom is 0.251 e. The summed E-state index contributed by atoms with van der Waals surface area (Å²) in [6.07, 6.45) is 6.04. The zero-order valence-electron chi connectivity index (χ0n) is 22.6. The van der Waals surface area contributed by atoms with Gasteiger partial charge in [0.1, 0.15) is 11.8 Å². The number of hydrogen-bond donors (Lipinski definition) is 1. The van der Waals surface area contributed by atoms with E-state index in [0.717, 1.165) is 6.42 Å². The molecule has 3 unspecified atom stereocenters. The predicted molar refractivity (Wildman–Crippen MR) is 158 cm³/mol. The molecule has 8 nitrogen and oxygen atoms in total. The van der Waals surface area contributed by atoms with E-state index in [0.29, 0.717) is 43.8 Å². The molecular formula is C29H38BrN3O5S. The van der Waals surface area contributed by atoms with E-state index < -0.39 is 22.6 Å². The summed E-state index contributed by atoms with van der Waals surface area (Å²) in [6, 6.07) is 6.56. The number of aliphatic hydroxyl groups excluding tert-OH is 1. The number of alkyl halides is 1. The highest BCUT2D eigenvalue weighted by molar-refractivity contribution is 9.09. The second-order valence-corrected chi connectivity index (χ2v) is 13.1. The number of hydrogen-bond acceptors (Lipinski definition) is 6. The van der Waals surface area contributed by atoms with Crippen molar-refractivity contribution in [3.05, 3.63) is 49.6 Å². The largest absolute Gasteiger partial charge is 0.497 e. The Bertz CT molecular complexity index is 1100. The lowest BCUT2D eigenvalue weighted by Gasteiger charge is -2.38. The van der Waals surface area contributed by atoms with E-state index in [9.17, 15) is 19.5 Å². The van der Waals surface area contributed by atoms with Crippen LogP contribution in [0, 0.1) is 11.8 Å². The molecule has 3 saturated heterocycles. The van der Waals surface area contributed by atoms with Crippen LogP contribution in [0.3, 0.4) is 0 Å². The fraction of sp³-hybridized carbons (Fsp3) is 0.552. The molecule has 3 aliphatic rings. The number of rotatable bonds is 13. The molecule has 3 aliphatic heterocycles. The van der Waals surface area contributed by atoms with Gasteiger partial charge >= 0.3 is 0 Å². The van der Waals surface area contributed by atoms with Gasteiger partial charge in [0.15, 0.2) is 0 Å². The molecule has 3 fully saturated rings. The van der Waals surface area contributed by atoms with E-state index >= 15 is 0 Å². The van der Waals surface area contributed by atoms with Crippen molar-refractivity contribution in [2.75, 3.05) is 45.3 Å². The van der Waals surface area contributed by atoms with Crippen LogP contribution in [0.25, 0.3) is 0 Å². The number of benzene rings is 1. The molecule has 212 valence electrons. The van der Waals surface area contributed by atoms with Crippen LogP contribution in [0.2, 0.25) is 0 Å². The second-order valence-electron chi connectivity index (χ2n) is 10.4. The van der Waals surface area contributed by atoms with E-state index in [1.807, 2.05) is 12.1 Å². The molecule has 39 heavy (non-hydrogen) atoms. The van der Waals surface area contributed by atoms with E-state index in [2.05, 4.69) is 29.1 Å². The minimum absolute atomic E-state index is 0.0103. The number of ether oxygens (including phenoxy) is 1. The standard InChI is InChI=1S/C29H38BrN3O5S/c1-5-14-31(3)26(35)22-23-27(36)33(16-8-7-9-17-34)25(29(23)18-21(30)24(22)39-29)28(37)32(15-6-2)19-10-12-20(38-4)13-11-19/h5-6,10-13,21-25,34H,1-2,7-9,14-18H2,3-4H3/t21?,22-,23+,24-,25?,29?/m1/s1. The maximum absolute atomic E-state index is 14.6. The Labute approximate surface area is 243 Å². The molecule has 1 aromatic carbocycles. The van der Waals surface area contributed by atoms with Crippen molar-refractivity contribution < 1.29 is 24.2 Å². The lowest BCUT2D eigenvalue weighted by Crippen LogP contribution is -2.56. The molecule has 6 atom stereocenters. The van der Waals surface area contributed by atoms with E-state index in [-0.39, 0.29) is 41.0 Å². The van der Waals surface area contributed by atoms with Crippen molar-refractivity contribution in [1.29, 1.82) is 0 Å². The van der Waals surface area contributed by atoms with Gasteiger partial charge in [-0.1, -0.05) is 28.1 Å². The van der Waals surface area contributed by atoms with Gasteiger partial charge < -0.3 is 24.5 Å². The Balaban J connectivity index is 1.75. The van der Waals surface area contributed by atoms with Gasteiger partial charge in [-0.2, -0.15) is 0 Å². The van der Waals surface area contributed by atoms with Gasteiger partial charge in [0.05, 0.1) is 23.7 Å². The average molecular weight is 621 g/mol. The van der Waals surface area contributed by atoms with Gasteiger partial charge in [-0.3, -0.25) is 14.4 Å². The number of carbonyl (C=O) groups excluding carboxylic acids is 3. The number of halogens is 1. The monoisotopic (exact) mass is 619 g/mol. The highest BCUT2D eigenvalue weighted by Crippen LogP contribution is 2.68. The fourth-order valence-electron chi connectivity index (χ4n) is 6.40. The first kappa shape index (κ1) is 29.7. The zero-order chi connectivity index (χ0) is 28.3. The Morgan fingerprint density at radius 1 is 1.18 bits per heavy atom. The summed E-state index contributed by atoms with van der Waals surface area (Å²) in [7, 11) is 3.33. The average Bonchev–Trinajstić information content (AvgIpc) is 3.52. The SMILES string of the molecule is C=CCN(C)C(=O)[C@H]1[C@@H]2SC3(CC2Br)C(C(=O)N(CC=C)c2ccc(OC)cc2)N(CCCCCO)C(=O)[C@H]13. The van der Waals surface area contributed by atoms with Gasteiger partial charge in [0, 0.05) is 49.1 Å². The van der Waals surface area contributed by atoms with Crippen LogP contribution in [0.5, 0.6) is 5.75 Å². The quantitative estimate of drug-likeness (QED) is 0.207. The lowest BCUT2D eigenvalue weighted by atomic mass is 9.70. The molecule has 0 aliphatic carbocycles. The summed E-state index contributed by atoms with van der Waals surface area (Å²) in [5.41, 5.74) is 0.694. The molecule has 0 radical (unpaired) electrons. The lowest BCUT2D eigenvalue weighted by molar-refractivity contribution is -0.143. The van der Waals surface area contributed by atoms with Crippen molar-refractivity contribution in [2.24, 2.45) is 11.8 Å². The molecule has 0 saturated carbocycles. The summed E-state index contributed by atoms with van der Waals surface area (Å²) in [5, 5.41) is 9.17. The minimum atomic E-state index is -0.719. The molecular weight excluding hydrogens is 582 g/mol. The van der Waals surface area contributed by atoms with Gasteiger partial charge in [-0.15, -0.1) is 24.9 Å². The third-order valence-corrected chi connectivity index (χ3v) is 11.3.